The standard InChI is InChI=1S/C28H39NO2/c1-3-5-7-8-10-23-13-20-27(29-21-23)24-16-18-26(19-17-24)31-28(30)25-14-11-22(12-15-25)9-6-4-2/h13,16-22,25H,3-12,14-15H2,1-2H3/t22-,25-. The first-order chi connectivity index (χ1) is 15.2. The summed E-state index contributed by atoms with van der Waals surface area (Å²) in [7, 11) is 0. The van der Waals surface area contributed by atoms with E-state index >= 15 is 0 Å². The number of esters is 1. The number of carbonyl (C=O) groups is 1. The van der Waals surface area contributed by atoms with Gasteiger partial charge in [0, 0.05) is 11.8 Å². The molecule has 3 heteroatoms. The molecule has 1 aliphatic rings. The normalized spacial score (nSPS) is 18.6. The Morgan fingerprint density at radius 2 is 1.65 bits per heavy atom. The highest BCUT2D eigenvalue weighted by atomic mass is 16.5. The van der Waals surface area contributed by atoms with Crippen LogP contribution >= 0.6 is 0 Å². The number of unbranched alkanes of at least 4 members (excludes halogenated alkanes) is 4. The van der Waals surface area contributed by atoms with E-state index in [1.165, 1.54) is 63.4 Å². The van der Waals surface area contributed by atoms with E-state index in [1.807, 2.05) is 30.5 Å². The lowest BCUT2D eigenvalue weighted by molar-refractivity contribution is -0.140. The van der Waals surface area contributed by atoms with Gasteiger partial charge in [0.1, 0.15) is 5.75 Å². The van der Waals surface area contributed by atoms with Crippen LogP contribution in [0.15, 0.2) is 42.6 Å². The van der Waals surface area contributed by atoms with Crippen LogP contribution in [0.1, 0.15) is 90.0 Å². The Hall–Kier alpha value is -2.16. The van der Waals surface area contributed by atoms with Crippen molar-refractivity contribution in [3.63, 3.8) is 0 Å². The van der Waals surface area contributed by atoms with Gasteiger partial charge in [0.25, 0.3) is 0 Å². The van der Waals surface area contributed by atoms with Crippen molar-refractivity contribution in [2.75, 3.05) is 0 Å². The maximum absolute atomic E-state index is 12.6. The molecule has 0 atom stereocenters. The second-order valence-electron chi connectivity index (χ2n) is 9.17. The predicted molar refractivity (Wildman–Crippen MR) is 128 cm³/mol. The molecule has 3 nitrogen and oxygen atoms in total. The second kappa shape index (κ2) is 12.6. The van der Waals surface area contributed by atoms with Crippen LogP contribution in [0.25, 0.3) is 11.3 Å². The van der Waals surface area contributed by atoms with Gasteiger partial charge in [-0.3, -0.25) is 9.78 Å². The van der Waals surface area contributed by atoms with Crippen LogP contribution in [0.2, 0.25) is 0 Å². The Balaban J connectivity index is 1.47. The molecule has 0 spiro atoms. The van der Waals surface area contributed by atoms with E-state index in [2.05, 4.69) is 31.0 Å². The predicted octanol–water partition coefficient (Wildman–Crippen LogP) is 7.77. The monoisotopic (exact) mass is 421 g/mol. The lowest BCUT2D eigenvalue weighted by Gasteiger charge is -2.27. The van der Waals surface area contributed by atoms with Crippen LogP contribution in [0, 0.1) is 11.8 Å². The first-order valence-corrected chi connectivity index (χ1v) is 12.5. The molecule has 1 aromatic heterocycles. The van der Waals surface area contributed by atoms with Crippen molar-refractivity contribution in [2.45, 2.75) is 90.9 Å². The number of benzene rings is 1. The number of nitrogens with zero attached hydrogens (tertiary/aromatic N) is 1. The molecule has 1 heterocycles. The molecule has 1 aromatic carbocycles. The Labute approximate surface area is 188 Å². The zero-order valence-electron chi connectivity index (χ0n) is 19.4. The maximum atomic E-state index is 12.6. The number of carbonyl (C=O) groups excluding carboxylic acids is 1. The molecule has 0 bridgehead atoms. The number of rotatable bonds is 11. The Bertz CT molecular complexity index is 774. The van der Waals surface area contributed by atoms with Crippen LogP contribution < -0.4 is 4.74 Å². The van der Waals surface area contributed by atoms with Gasteiger partial charge in [-0.05, 0) is 80.3 Å². The minimum Gasteiger partial charge on any atom is -0.426 e. The Morgan fingerprint density at radius 3 is 2.29 bits per heavy atom. The molecule has 0 unspecified atom stereocenters. The van der Waals surface area contributed by atoms with Gasteiger partial charge >= 0.3 is 5.97 Å². The second-order valence-corrected chi connectivity index (χ2v) is 9.17. The minimum absolute atomic E-state index is 0.0593. The van der Waals surface area contributed by atoms with Crippen molar-refractivity contribution in [3.8, 4) is 17.0 Å². The summed E-state index contributed by atoms with van der Waals surface area (Å²) < 4.78 is 5.69. The average molecular weight is 422 g/mol. The smallest absolute Gasteiger partial charge is 0.314 e. The van der Waals surface area contributed by atoms with E-state index in [-0.39, 0.29) is 11.9 Å². The number of aryl methyl sites for hydroxylation is 1. The summed E-state index contributed by atoms with van der Waals surface area (Å²) >= 11 is 0. The molecule has 0 N–H and O–H groups in total. The highest BCUT2D eigenvalue weighted by Gasteiger charge is 2.27. The molecule has 1 saturated carbocycles. The topological polar surface area (TPSA) is 39.2 Å². The third-order valence-electron chi connectivity index (χ3n) is 6.66. The molecule has 1 aliphatic carbocycles. The van der Waals surface area contributed by atoms with Crippen molar-refractivity contribution in [1.29, 1.82) is 0 Å². The van der Waals surface area contributed by atoms with Crippen molar-refractivity contribution >= 4 is 5.97 Å². The number of pyridine rings is 1. The summed E-state index contributed by atoms with van der Waals surface area (Å²) in [6.07, 6.45) is 16.3. The first-order valence-electron chi connectivity index (χ1n) is 12.5. The molecule has 0 saturated heterocycles. The van der Waals surface area contributed by atoms with E-state index < -0.39 is 0 Å². The van der Waals surface area contributed by atoms with Gasteiger partial charge in [-0.15, -0.1) is 0 Å². The molecule has 3 rings (SSSR count). The fraction of sp³-hybridized carbons (Fsp3) is 0.571. The number of ether oxygens (including phenoxy) is 1. The van der Waals surface area contributed by atoms with Crippen molar-refractivity contribution in [2.24, 2.45) is 11.8 Å². The molecule has 0 radical (unpaired) electrons. The zero-order valence-corrected chi connectivity index (χ0v) is 19.4. The van der Waals surface area contributed by atoms with Crippen molar-refractivity contribution < 1.29 is 9.53 Å². The highest BCUT2D eigenvalue weighted by molar-refractivity contribution is 5.75. The quantitative estimate of drug-likeness (QED) is 0.211. The van der Waals surface area contributed by atoms with E-state index in [4.69, 9.17) is 4.74 Å². The van der Waals surface area contributed by atoms with Crippen molar-refractivity contribution in [1.82, 2.24) is 4.98 Å². The molecule has 2 aromatic rings. The molecule has 168 valence electrons. The first kappa shape index (κ1) is 23.5. The summed E-state index contributed by atoms with van der Waals surface area (Å²) in [6, 6.07) is 12.0. The SMILES string of the molecule is CCCCCCc1ccc(-c2ccc(OC(=O)[C@H]3CC[C@H](CCCC)CC3)cc2)nc1. The lowest BCUT2D eigenvalue weighted by atomic mass is 9.80. The number of hydrogen-bond acceptors (Lipinski definition) is 3. The van der Waals surface area contributed by atoms with Crippen LogP contribution in [0.5, 0.6) is 5.75 Å². The molecule has 1 fully saturated rings. The Kier molecular flexibility index (Phi) is 9.58. The van der Waals surface area contributed by atoms with Gasteiger partial charge in [0.15, 0.2) is 0 Å². The number of hydrogen-bond donors (Lipinski definition) is 0. The van der Waals surface area contributed by atoms with Gasteiger partial charge in [0.05, 0.1) is 11.6 Å². The molecule has 31 heavy (non-hydrogen) atoms. The fourth-order valence-electron chi connectivity index (χ4n) is 4.57. The lowest BCUT2D eigenvalue weighted by Crippen LogP contribution is -2.25. The summed E-state index contributed by atoms with van der Waals surface area (Å²) in [5.74, 6) is 1.43. The van der Waals surface area contributed by atoms with Gasteiger partial charge < -0.3 is 4.74 Å². The van der Waals surface area contributed by atoms with Crippen LogP contribution in [0.3, 0.4) is 0 Å². The van der Waals surface area contributed by atoms with Crippen molar-refractivity contribution in [3.05, 3.63) is 48.2 Å². The van der Waals surface area contributed by atoms with Gasteiger partial charge in [-0.25, -0.2) is 0 Å². The third-order valence-corrected chi connectivity index (χ3v) is 6.66. The van der Waals surface area contributed by atoms with Crippen LogP contribution in [-0.4, -0.2) is 11.0 Å². The summed E-state index contributed by atoms with van der Waals surface area (Å²) in [5.41, 5.74) is 3.31. The highest BCUT2D eigenvalue weighted by Crippen LogP contribution is 2.33. The van der Waals surface area contributed by atoms with Gasteiger partial charge in [-0.2, -0.15) is 0 Å². The summed E-state index contributed by atoms with van der Waals surface area (Å²) in [6.45, 7) is 4.48. The van der Waals surface area contributed by atoms with Crippen LogP contribution in [0.4, 0.5) is 0 Å². The zero-order chi connectivity index (χ0) is 21.9. The largest absolute Gasteiger partial charge is 0.426 e. The number of aromatic nitrogens is 1. The van der Waals surface area contributed by atoms with Gasteiger partial charge in [-0.1, -0.05) is 58.4 Å². The summed E-state index contributed by atoms with van der Waals surface area (Å²) in [4.78, 5) is 17.2. The van der Waals surface area contributed by atoms with E-state index in [0.717, 1.165) is 36.4 Å². The van der Waals surface area contributed by atoms with Gasteiger partial charge in [0.2, 0.25) is 0 Å². The molecule has 0 aliphatic heterocycles. The maximum Gasteiger partial charge on any atom is 0.314 e. The Morgan fingerprint density at radius 1 is 0.903 bits per heavy atom. The third kappa shape index (κ3) is 7.48. The fourth-order valence-corrected chi connectivity index (χ4v) is 4.57. The molecular weight excluding hydrogens is 382 g/mol. The summed E-state index contributed by atoms with van der Waals surface area (Å²) in [5, 5.41) is 0. The van der Waals surface area contributed by atoms with E-state index in [1.54, 1.807) is 0 Å². The van der Waals surface area contributed by atoms with E-state index in [9.17, 15) is 4.79 Å². The molecular formula is C28H39NO2. The minimum atomic E-state index is -0.0627. The average Bonchev–Trinajstić information content (AvgIpc) is 2.82. The molecule has 0 amide bonds. The van der Waals surface area contributed by atoms with Crippen LogP contribution in [-0.2, 0) is 11.2 Å². The van der Waals surface area contributed by atoms with E-state index in [0.29, 0.717) is 5.75 Å².